The van der Waals surface area contributed by atoms with Gasteiger partial charge in [0.15, 0.2) is 0 Å². The molecule has 0 atom stereocenters. The van der Waals surface area contributed by atoms with E-state index in [1.807, 2.05) is 0 Å². The Balaban J connectivity index is 1.68. The van der Waals surface area contributed by atoms with Crippen LogP contribution in [0.15, 0.2) is 45.9 Å². The Morgan fingerprint density at radius 1 is 1.31 bits per heavy atom. The first-order valence-corrected chi connectivity index (χ1v) is 9.64. The predicted octanol–water partition coefficient (Wildman–Crippen LogP) is 3.78. The van der Waals surface area contributed by atoms with Crippen molar-refractivity contribution in [3.63, 3.8) is 0 Å². The molecule has 150 valence electrons. The molecule has 0 bridgehead atoms. The fourth-order valence-electron chi connectivity index (χ4n) is 2.45. The van der Waals surface area contributed by atoms with Crippen molar-refractivity contribution in [3.8, 4) is 0 Å². The SMILES string of the molecule is CCOC(=O)c1cc(NC(=O)CN2C(=O)S/C(=C\c3ccco3)C2=O)ccc1Cl. The summed E-state index contributed by atoms with van der Waals surface area (Å²) in [5.74, 6) is -1.39. The molecule has 0 spiro atoms. The number of carbonyl (C=O) groups excluding carboxylic acids is 4. The highest BCUT2D eigenvalue weighted by molar-refractivity contribution is 8.18. The Labute approximate surface area is 174 Å². The maximum Gasteiger partial charge on any atom is 0.339 e. The van der Waals surface area contributed by atoms with Crippen LogP contribution >= 0.6 is 23.4 Å². The Hall–Kier alpha value is -3.04. The van der Waals surface area contributed by atoms with Crippen LogP contribution in [0.2, 0.25) is 5.02 Å². The van der Waals surface area contributed by atoms with Crippen LogP contribution in [0.25, 0.3) is 6.08 Å². The molecule has 2 aromatic rings. The first kappa shape index (κ1) is 20.7. The van der Waals surface area contributed by atoms with Gasteiger partial charge < -0.3 is 14.5 Å². The van der Waals surface area contributed by atoms with Crippen LogP contribution in [0.3, 0.4) is 0 Å². The van der Waals surface area contributed by atoms with Crippen molar-refractivity contribution in [1.82, 2.24) is 4.90 Å². The fourth-order valence-corrected chi connectivity index (χ4v) is 3.46. The van der Waals surface area contributed by atoms with Gasteiger partial charge in [-0.1, -0.05) is 11.6 Å². The van der Waals surface area contributed by atoms with E-state index in [1.54, 1.807) is 19.1 Å². The lowest BCUT2D eigenvalue weighted by Crippen LogP contribution is -2.36. The molecule has 29 heavy (non-hydrogen) atoms. The predicted molar refractivity (Wildman–Crippen MR) is 107 cm³/mol. The van der Waals surface area contributed by atoms with E-state index in [4.69, 9.17) is 20.8 Å². The van der Waals surface area contributed by atoms with Gasteiger partial charge in [0.25, 0.3) is 11.1 Å². The zero-order valence-corrected chi connectivity index (χ0v) is 16.7. The van der Waals surface area contributed by atoms with E-state index in [0.717, 1.165) is 16.7 Å². The lowest BCUT2D eigenvalue weighted by atomic mass is 10.2. The van der Waals surface area contributed by atoms with Crippen molar-refractivity contribution in [2.45, 2.75) is 6.92 Å². The highest BCUT2D eigenvalue weighted by Crippen LogP contribution is 2.32. The van der Waals surface area contributed by atoms with E-state index in [-0.39, 0.29) is 27.8 Å². The number of carbonyl (C=O) groups is 4. The minimum Gasteiger partial charge on any atom is -0.465 e. The van der Waals surface area contributed by atoms with Crippen LogP contribution in [-0.2, 0) is 14.3 Å². The van der Waals surface area contributed by atoms with Crippen LogP contribution in [0, 0.1) is 0 Å². The first-order chi connectivity index (χ1) is 13.9. The van der Waals surface area contributed by atoms with Gasteiger partial charge in [0.05, 0.1) is 28.4 Å². The number of nitrogens with zero attached hydrogens (tertiary/aromatic N) is 1. The van der Waals surface area contributed by atoms with E-state index in [0.29, 0.717) is 5.76 Å². The van der Waals surface area contributed by atoms with Gasteiger partial charge in [-0.3, -0.25) is 19.3 Å². The second kappa shape index (κ2) is 8.97. The second-order valence-corrected chi connectivity index (χ2v) is 7.15. The zero-order valence-electron chi connectivity index (χ0n) is 15.1. The lowest BCUT2D eigenvalue weighted by molar-refractivity contribution is -0.127. The molecule has 1 aromatic heterocycles. The summed E-state index contributed by atoms with van der Waals surface area (Å²) in [6.45, 7) is 1.36. The number of imide groups is 1. The molecule has 1 saturated heterocycles. The van der Waals surface area contributed by atoms with Crippen LogP contribution in [0.1, 0.15) is 23.0 Å². The fraction of sp³-hybridized carbons (Fsp3) is 0.158. The number of ether oxygens (including phenoxy) is 1. The summed E-state index contributed by atoms with van der Waals surface area (Å²) >= 11 is 6.71. The summed E-state index contributed by atoms with van der Waals surface area (Å²) in [6.07, 6.45) is 2.88. The average molecular weight is 435 g/mol. The largest absolute Gasteiger partial charge is 0.465 e. The standard InChI is InChI=1S/C19H15ClN2O6S/c1-2-27-18(25)13-8-11(5-6-14(13)20)21-16(23)10-22-17(24)15(29-19(22)26)9-12-4-3-7-28-12/h3-9H,2,10H2,1H3,(H,21,23)/b15-9-. The summed E-state index contributed by atoms with van der Waals surface area (Å²) in [4.78, 5) is 49.7. The van der Waals surface area contributed by atoms with Crippen molar-refractivity contribution in [2.75, 3.05) is 18.5 Å². The minimum atomic E-state index is -0.623. The normalized spacial score (nSPS) is 15.1. The number of esters is 1. The number of nitrogens with one attached hydrogen (secondary N) is 1. The molecule has 1 fully saturated rings. The van der Waals surface area contributed by atoms with Crippen molar-refractivity contribution in [3.05, 3.63) is 57.8 Å². The van der Waals surface area contributed by atoms with Crippen molar-refractivity contribution in [1.29, 1.82) is 0 Å². The van der Waals surface area contributed by atoms with E-state index in [2.05, 4.69) is 5.32 Å². The topological polar surface area (TPSA) is 106 Å². The number of amides is 3. The van der Waals surface area contributed by atoms with Gasteiger partial charge in [-0.15, -0.1) is 0 Å². The average Bonchev–Trinajstić information content (AvgIpc) is 3.28. The number of halogens is 1. The van der Waals surface area contributed by atoms with Gasteiger partial charge in [0, 0.05) is 11.8 Å². The van der Waals surface area contributed by atoms with Crippen LogP contribution < -0.4 is 5.32 Å². The summed E-state index contributed by atoms with van der Waals surface area (Å²) in [5, 5.41) is 2.15. The monoisotopic (exact) mass is 434 g/mol. The van der Waals surface area contributed by atoms with Crippen LogP contribution in [-0.4, -0.2) is 41.1 Å². The number of furan rings is 1. The number of thioether (sulfide) groups is 1. The summed E-state index contributed by atoms with van der Waals surface area (Å²) < 4.78 is 10.0. The Bertz CT molecular complexity index is 1000. The molecule has 10 heteroatoms. The van der Waals surface area contributed by atoms with Gasteiger partial charge in [-0.25, -0.2) is 4.79 Å². The van der Waals surface area contributed by atoms with Crippen molar-refractivity contribution in [2.24, 2.45) is 0 Å². The number of hydrogen-bond donors (Lipinski definition) is 1. The van der Waals surface area contributed by atoms with Gasteiger partial charge in [0.1, 0.15) is 12.3 Å². The molecular formula is C19H15ClN2O6S. The maximum absolute atomic E-state index is 12.4. The molecule has 1 aliphatic rings. The molecule has 1 aliphatic heterocycles. The molecule has 1 aromatic carbocycles. The van der Waals surface area contributed by atoms with Gasteiger partial charge in [-0.05, 0) is 49.0 Å². The van der Waals surface area contributed by atoms with Crippen molar-refractivity contribution >= 4 is 58.1 Å². The second-order valence-electron chi connectivity index (χ2n) is 5.75. The zero-order chi connectivity index (χ0) is 21.0. The number of anilines is 1. The third-order valence-corrected chi connectivity index (χ3v) is 4.97. The van der Waals surface area contributed by atoms with Crippen LogP contribution in [0.5, 0.6) is 0 Å². The number of hydrogen-bond acceptors (Lipinski definition) is 7. The van der Waals surface area contributed by atoms with E-state index in [1.165, 1.54) is 30.5 Å². The van der Waals surface area contributed by atoms with E-state index in [9.17, 15) is 19.2 Å². The Morgan fingerprint density at radius 3 is 2.79 bits per heavy atom. The summed E-state index contributed by atoms with van der Waals surface area (Å²) in [6, 6.07) is 7.59. The van der Waals surface area contributed by atoms with Crippen molar-refractivity contribution < 1.29 is 28.3 Å². The maximum atomic E-state index is 12.4. The van der Waals surface area contributed by atoms with Gasteiger partial charge in [0.2, 0.25) is 5.91 Å². The molecule has 0 unspecified atom stereocenters. The molecule has 8 nitrogen and oxygen atoms in total. The molecule has 3 amide bonds. The van der Waals surface area contributed by atoms with Gasteiger partial charge in [-0.2, -0.15) is 0 Å². The molecule has 0 radical (unpaired) electrons. The molecule has 1 N–H and O–H groups in total. The summed E-state index contributed by atoms with van der Waals surface area (Å²) in [7, 11) is 0. The summed E-state index contributed by atoms with van der Waals surface area (Å²) in [5.41, 5.74) is 0.374. The third kappa shape index (κ3) is 4.87. The Kier molecular flexibility index (Phi) is 6.40. The Morgan fingerprint density at radius 2 is 2.10 bits per heavy atom. The molecule has 0 saturated carbocycles. The highest BCUT2D eigenvalue weighted by Gasteiger charge is 2.36. The third-order valence-electron chi connectivity index (χ3n) is 3.74. The molecule has 0 aliphatic carbocycles. The van der Waals surface area contributed by atoms with Crippen LogP contribution in [0.4, 0.5) is 10.5 Å². The smallest absolute Gasteiger partial charge is 0.339 e. The first-order valence-electron chi connectivity index (χ1n) is 8.44. The molecule has 2 heterocycles. The van der Waals surface area contributed by atoms with E-state index < -0.39 is 29.6 Å². The minimum absolute atomic E-state index is 0.0962. The van der Waals surface area contributed by atoms with E-state index >= 15 is 0 Å². The molecule has 3 rings (SSSR count). The highest BCUT2D eigenvalue weighted by atomic mass is 35.5. The lowest BCUT2D eigenvalue weighted by Gasteiger charge is -2.13. The quantitative estimate of drug-likeness (QED) is 0.544. The molecular weight excluding hydrogens is 420 g/mol. The number of rotatable bonds is 6. The number of benzene rings is 1. The van der Waals surface area contributed by atoms with Gasteiger partial charge >= 0.3 is 5.97 Å².